The van der Waals surface area contributed by atoms with Crippen molar-refractivity contribution in [3.05, 3.63) is 60.8 Å². The summed E-state index contributed by atoms with van der Waals surface area (Å²) in [4.78, 5) is 0. The molecule has 0 spiro atoms. The van der Waals surface area contributed by atoms with Crippen molar-refractivity contribution in [3.8, 4) is 0 Å². The van der Waals surface area contributed by atoms with E-state index >= 15 is 0 Å². The lowest BCUT2D eigenvalue weighted by atomic mass is 10.0. The van der Waals surface area contributed by atoms with Gasteiger partial charge in [0.2, 0.25) is 0 Å². The van der Waals surface area contributed by atoms with E-state index in [1.54, 1.807) is 6.20 Å². The maximum atomic E-state index is 3.78. The molecule has 0 heterocycles. The molecule has 0 radical (unpaired) electrons. The van der Waals surface area contributed by atoms with Gasteiger partial charge in [0.15, 0.2) is 0 Å². The van der Waals surface area contributed by atoms with Gasteiger partial charge in [0, 0.05) is 6.04 Å². The van der Waals surface area contributed by atoms with E-state index in [-0.39, 0.29) is 6.04 Å². The molecule has 0 aliphatic rings. The van der Waals surface area contributed by atoms with Crippen LogP contribution in [0.3, 0.4) is 0 Å². The van der Waals surface area contributed by atoms with Crippen LogP contribution in [0.25, 0.3) is 0 Å². The monoisotopic (exact) mass is 187 g/mol. The molecule has 14 heavy (non-hydrogen) atoms. The summed E-state index contributed by atoms with van der Waals surface area (Å²) >= 11 is 0. The molecular weight excluding hydrogens is 170 g/mol. The Morgan fingerprint density at radius 3 is 2.43 bits per heavy atom. The molecule has 0 aromatic heterocycles. The molecule has 0 aliphatic heterocycles. The normalized spacial score (nSPS) is 11.8. The minimum atomic E-state index is 0.273. The zero-order valence-electron chi connectivity index (χ0n) is 8.66. The average Bonchev–Trinajstić information content (AvgIpc) is 2.20. The Bertz CT molecular complexity index is 298. The van der Waals surface area contributed by atoms with E-state index in [0.717, 1.165) is 6.42 Å². The zero-order chi connectivity index (χ0) is 10.4. The lowest BCUT2D eigenvalue weighted by Gasteiger charge is -2.12. The van der Waals surface area contributed by atoms with Gasteiger partial charge in [-0.3, -0.25) is 0 Å². The molecule has 0 bridgehead atoms. The quantitative estimate of drug-likeness (QED) is 0.699. The van der Waals surface area contributed by atoms with Gasteiger partial charge in [-0.2, -0.15) is 0 Å². The van der Waals surface area contributed by atoms with Crippen molar-refractivity contribution < 1.29 is 0 Å². The minimum absolute atomic E-state index is 0.273. The molecule has 0 saturated heterocycles. The third kappa shape index (κ3) is 3.09. The summed E-state index contributed by atoms with van der Waals surface area (Å²) in [5.41, 5.74) is 2.61. The highest BCUT2D eigenvalue weighted by Gasteiger charge is 2.01. The number of nitrogens with one attached hydrogen (secondary N) is 1. The summed E-state index contributed by atoms with van der Waals surface area (Å²) in [6.45, 7) is 9.52. The summed E-state index contributed by atoms with van der Waals surface area (Å²) in [5.74, 6) is 0. The van der Waals surface area contributed by atoms with Crippen LogP contribution in [0, 0.1) is 6.92 Å². The van der Waals surface area contributed by atoms with Crippen molar-refractivity contribution in [1.29, 1.82) is 0 Å². The smallest absolute Gasteiger partial charge is 0.0476 e. The Hall–Kier alpha value is -1.50. The molecule has 1 aromatic rings. The van der Waals surface area contributed by atoms with Gasteiger partial charge in [-0.05, 0) is 25.1 Å². The number of hydrogen-bond donors (Lipinski definition) is 1. The van der Waals surface area contributed by atoms with Gasteiger partial charge in [-0.25, -0.2) is 0 Å². The molecule has 74 valence electrons. The Balaban J connectivity index is 2.62. The second-order valence-electron chi connectivity index (χ2n) is 3.40. The molecule has 0 saturated carbocycles. The summed E-state index contributed by atoms with van der Waals surface area (Å²) in [7, 11) is 0. The predicted octanol–water partition coefficient (Wildman–Crippen LogP) is 2.83. The SMILES string of the molecule is C=CNC(C=C)Cc1ccc(C)cc1. The Morgan fingerprint density at radius 2 is 1.93 bits per heavy atom. The molecular formula is C13H17N. The first kappa shape index (κ1) is 10.6. The van der Waals surface area contributed by atoms with E-state index in [1.165, 1.54) is 11.1 Å². The highest BCUT2D eigenvalue weighted by molar-refractivity contribution is 5.22. The molecule has 1 nitrogen and oxygen atoms in total. The molecule has 1 N–H and O–H groups in total. The summed E-state index contributed by atoms with van der Waals surface area (Å²) in [6.07, 6.45) is 4.57. The molecule has 1 atom stereocenters. The van der Waals surface area contributed by atoms with E-state index in [0.29, 0.717) is 0 Å². The second-order valence-corrected chi connectivity index (χ2v) is 3.40. The fourth-order valence-electron chi connectivity index (χ4n) is 1.34. The fourth-order valence-corrected chi connectivity index (χ4v) is 1.34. The standard InChI is InChI=1S/C13H17N/c1-4-13(14-5-2)10-12-8-6-11(3)7-9-12/h4-9,13-14H,1-2,10H2,3H3. The Kier molecular flexibility index (Phi) is 3.99. The van der Waals surface area contributed by atoms with Crippen molar-refractivity contribution in [1.82, 2.24) is 5.32 Å². The molecule has 0 amide bonds. The van der Waals surface area contributed by atoms with Crippen molar-refractivity contribution in [2.24, 2.45) is 0 Å². The van der Waals surface area contributed by atoms with Crippen molar-refractivity contribution >= 4 is 0 Å². The topological polar surface area (TPSA) is 12.0 Å². The molecule has 0 aliphatic carbocycles. The molecule has 0 fully saturated rings. The van der Waals surface area contributed by atoms with Crippen LogP contribution in [0.5, 0.6) is 0 Å². The highest BCUT2D eigenvalue weighted by atomic mass is 14.9. The first-order valence-electron chi connectivity index (χ1n) is 4.81. The maximum absolute atomic E-state index is 3.78. The lowest BCUT2D eigenvalue weighted by Crippen LogP contribution is -2.23. The van der Waals surface area contributed by atoms with E-state index in [2.05, 4.69) is 49.7 Å². The van der Waals surface area contributed by atoms with Crippen LogP contribution in [-0.4, -0.2) is 6.04 Å². The Morgan fingerprint density at radius 1 is 1.29 bits per heavy atom. The fraction of sp³-hybridized carbons (Fsp3) is 0.231. The molecule has 1 unspecified atom stereocenters. The van der Waals surface area contributed by atoms with Gasteiger partial charge in [-0.1, -0.05) is 42.5 Å². The third-order valence-electron chi connectivity index (χ3n) is 2.19. The van der Waals surface area contributed by atoms with Crippen LogP contribution in [0.2, 0.25) is 0 Å². The average molecular weight is 187 g/mol. The predicted molar refractivity (Wildman–Crippen MR) is 62.2 cm³/mol. The molecule has 1 aromatic carbocycles. The van der Waals surface area contributed by atoms with Crippen LogP contribution in [0.15, 0.2) is 49.7 Å². The number of hydrogen-bond acceptors (Lipinski definition) is 1. The minimum Gasteiger partial charge on any atom is -0.385 e. The molecule has 1 heteroatoms. The van der Waals surface area contributed by atoms with Crippen LogP contribution < -0.4 is 5.32 Å². The van der Waals surface area contributed by atoms with E-state index in [1.807, 2.05) is 6.08 Å². The van der Waals surface area contributed by atoms with Crippen LogP contribution >= 0.6 is 0 Å². The Labute approximate surface area is 86.2 Å². The van der Waals surface area contributed by atoms with Crippen LogP contribution in [0.1, 0.15) is 11.1 Å². The van der Waals surface area contributed by atoms with Gasteiger partial charge in [0.1, 0.15) is 0 Å². The highest BCUT2D eigenvalue weighted by Crippen LogP contribution is 2.06. The van der Waals surface area contributed by atoms with E-state index < -0.39 is 0 Å². The van der Waals surface area contributed by atoms with Gasteiger partial charge in [-0.15, -0.1) is 6.58 Å². The first-order chi connectivity index (χ1) is 6.76. The van der Waals surface area contributed by atoms with Gasteiger partial charge in [0.05, 0.1) is 0 Å². The summed E-state index contributed by atoms with van der Waals surface area (Å²) in [5, 5.41) is 3.14. The number of aryl methyl sites for hydroxylation is 1. The lowest BCUT2D eigenvalue weighted by molar-refractivity contribution is 0.698. The van der Waals surface area contributed by atoms with Gasteiger partial charge in [0.25, 0.3) is 0 Å². The van der Waals surface area contributed by atoms with Crippen molar-refractivity contribution in [2.45, 2.75) is 19.4 Å². The van der Waals surface area contributed by atoms with Crippen molar-refractivity contribution in [2.75, 3.05) is 0 Å². The molecule has 1 rings (SSSR count). The summed E-state index contributed by atoms with van der Waals surface area (Å²) < 4.78 is 0. The largest absolute Gasteiger partial charge is 0.385 e. The van der Waals surface area contributed by atoms with Crippen LogP contribution in [-0.2, 0) is 6.42 Å². The van der Waals surface area contributed by atoms with Gasteiger partial charge < -0.3 is 5.32 Å². The van der Waals surface area contributed by atoms with Crippen LogP contribution in [0.4, 0.5) is 0 Å². The van der Waals surface area contributed by atoms with E-state index in [4.69, 9.17) is 0 Å². The number of benzene rings is 1. The third-order valence-corrected chi connectivity index (χ3v) is 2.19. The summed E-state index contributed by atoms with van der Waals surface area (Å²) in [6, 6.07) is 8.83. The van der Waals surface area contributed by atoms with Crippen molar-refractivity contribution in [3.63, 3.8) is 0 Å². The number of rotatable bonds is 5. The van der Waals surface area contributed by atoms with Gasteiger partial charge >= 0.3 is 0 Å². The first-order valence-corrected chi connectivity index (χ1v) is 4.81. The zero-order valence-corrected chi connectivity index (χ0v) is 8.66. The van der Waals surface area contributed by atoms with E-state index in [9.17, 15) is 0 Å². The second kappa shape index (κ2) is 5.28. The maximum Gasteiger partial charge on any atom is 0.0476 e.